The summed E-state index contributed by atoms with van der Waals surface area (Å²) in [6, 6.07) is 14.2. The highest BCUT2D eigenvalue weighted by molar-refractivity contribution is 5.87. The fourth-order valence-corrected chi connectivity index (χ4v) is 1.97. The average molecular weight is 298 g/mol. The van der Waals surface area contributed by atoms with Crippen LogP contribution in [0.2, 0.25) is 0 Å². The fraction of sp³-hybridized carbons (Fsp3) is 0.167. The number of aromatic hydroxyl groups is 2. The quantitative estimate of drug-likeness (QED) is 0.488. The van der Waals surface area contributed by atoms with Crippen molar-refractivity contribution in [3.63, 3.8) is 0 Å². The van der Waals surface area contributed by atoms with Crippen LogP contribution in [0.1, 0.15) is 17.5 Å². The maximum atomic E-state index is 11.6. The minimum atomic E-state index is -0.458. The molecular formula is C18H18O4. The molecule has 0 aliphatic rings. The molecule has 0 atom stereocenters. The number of phenolic OH excluding ortho intramolecular Hbond substituents is 2. The zero-order chi connectivity index (χ0) is 15.8. The predicted octanol–water partition coefficient (Wildman–Crippen LogP) is 3.29. The molecule has 4 nitrogen and oxygen atoms in total. The minimum Gasteiger partial charge on any atom is -0.508 e. The van der Waals surface area contributed by atoms with Crippen LogP contribution < -0.4 is 0 Å². The number of benzene rings is 2. The number of ether oxygens (including phenoxy) is 1. The van der Waals surface area contributed by atoms with Crippen LogP contribution in [0.15, 0.2) is 54.6 Å². The molecule has 0 unspecified atom stereocenters. The maximum absolute atomic E-state index is 11.6. The van der Waals surface area contributed by atoms with Gasteiger partial charge in [0.1, 0.15) is 11.5 Å². The van der Waals surface area contributed by atoms with Crippen LogP contribution in [0.3, 0.4) is 0 Å². The molecule has 22 heavy (non-hydrogen) atoms. The molecule has 2 aromatic carbocycles. The number of carbonyl (C=O) groups is 1. The van der Waals surface area contributed by atoms with Gasteiger partial charge in [0, 0.05) is 17.7 Å². The van der Waals surface area contributed by atoms with E-state index >= 15 is 0 Å². The highest BCUT2D eigenvalue weighted by Crippen LogP contribution is 2.23. The summed E-state index contributed by atoms with van der Waals surface area (Å²) in [7, 11) is 0. The summed E-state index contributed by atoms with van der Waals surface area (Å²) >= 11 is 0. The summed E-state index contributed by atoms with van der Waals surface area (Å²) in [6.07, 6.45) is 4.33. The van der Waals surface area contributed by atoms with Crippen molar-refractivity contribution in [1.29, 1.82) is 0 Å². The molecule has 2 N–H and O–H groups in total. The summed E-state index contributed by atoms with van der Waals surface area (Å²) in [4.78, 5) is 11.6. The van der Waals surface area contributed by atoms with Gasteiger partial charge in [-0.3, -0.25) is 0 Å². The smallest absolute Gasteiger partial charge is 0.330 e. The van der Waals surface area contributed by atoms with E-state index in [1.54, 1.807) is 0 Å². The van der Waals surface area contributed by atoms with Gasteiger partial charge in [0.15, 0.2) is 0 Å². The SMILES string of the molecule is O=C(/C=C/c1ccc(O)cc1O)OCCCc1ccccc1. The molecule has 0 fully saturated rings. The van der Waals surface area contributed by atoms with Crippen LogP contribution in [-0.4, -0.2) is 22.8 Å². The van der Waals surface area contributed by atoms with Gasteiger partial charge in [-0.1, -0.05) is 30.3 Å². The van der Waals surface area contributed by atoms with Gasteiger partial charge in [0.25, 0.3) is 0 Å². The molecule has 0 aromatic heterocycles. The Morgan fingerprint density at radius 3 is 2.59 bits per heavy atom. The second-order valence-corrected chi connectivity index (χ2v) is 4.83. The largest absolute Gasteiger partial charge is 0.508 e. The normalized spacial score (nSPS) is 10.7. The highest BCUT2D eigenvalue weighted by Gasteiger charge is 2.01. The second kappa shape index (κ2) is 7.88. The summed E-state index contributed by atoms with van der Waals surface area (Å²) < 4.78 is 5.09. The number of rotatable bonds is 6. The van der Waals surface area contributed by atoms with Gasteiger partial charge < -0.3 is 14.9 Å². The molecule has 0 radical (unpaired) electrons. The number of hydrogen-bond acceptors (Lipinski definition) is 4. The van der Waals surface area contributed by atoms with Crippen LogP contribution in [0.5, 0.6) is 11.5 Å². The first kappa shape index (κ1) is 15.6. The zero-order valence-electron chi connectivity index (χ0n) is 12.1. The van der Waals surface area contributed by atoms with Crippen LogP contribution in [0.25, 0.3) is 6.08 Å². The van der Waals surface area contributed by atoms with Crippen molar-refractivity contribution in [2.24, 2.45) is 0 Å². The molecule has 2 rings (SSSR count). The molecule has 0 spiro atoms. The molecule has 114 valence electrons. The average Bonchev–Trinajstić information content (AvgIpc) is 2.52. The second-order valence-electron chi connectivity index (χ2n) is 4.83. The first-order valence-electron chi connectivity index (χ1n) is 7.06. The lowest BCUT2D eigenvalue weighted by Crippen LogP contribution is -2.03. The molecule has 0 bridgehead atoms. The van der Waals surface area contributed by atoms with Gasteiger partial charge >= 0.3 is 5.97 Å². The topological polar surface area (TPSA) is 66.8 Å². The lowest BCUT2D eigenvalue weighted by atomic mass is 10.1. The standard InChI is InChI=1S/C18H18O4/c19-16-10-8-15(17(20)13-16)9-11-18(21)22-12-4-7-14-5-2-1-3-6-14/h1-3,5-6,8-11,13,19-20H,4,7,12H2/b11-9+. The molecule has 0 amide bonds. The van der Waals surface area contributed by atoms with Gasteiger partial charge in [-0.25, -0.2) is 4.79 Å². The van der Waals surface area contributed by atoms with Gasteiger partial charge in [-0.15, -0.1) is 0 Å². The van der Waals surface area contributed by atoms with E-state index < -0.39 is 5.97 Å². The van der Waals surface area contributed by atoms with Crippen molar-refractivity contribution in [3.8, 4) is 11.5 Å². The summed E-state index contributed by atoms with van der Waals surface area (Å²) in [6.45, 7) is 0.347. The summed E-state index contributed by atoms with van der Waals surface area (Å²) in [5.41, 5.74) is 1.65. The fourth-order valence-electron chi connectivity index (χ4n) is 1.97. The number of esters is 1. The van der Waals surface area contributed by atoms with Crippen molar-refractivity contribution in [3.05, 3.63) is 65.7 Å². The lowest BCUT2D eigenvalue weighted by Gasteiger charge is -2.03. The first-order chi connectivity index (χ1) is 10.6. The third kappa shape index (κ3) is 4.98. The van der Waals surface area contributed by atoms with E-state index in [2.05, 4.69) is 0 Å². The van der Waals surface area contributed by atoms with Crippen LogP contribution in [0.4, 0.5) is 0 Å². The highest BCUT2D eigenvalue weighted by atomic mass is 16.5. The minimum absolute atomic E-state index is 0.0295. The number of carbonyl (C=O) groups excluding carboxylic acids is 1. The van der Waals surface area contributed by atoms with Crippen molar-refractivity contribution < 1.29 is 19.7 Å². The van der Waals surface area contributed by atoms with Crippen LogP contribution in [-0.2, 0) is 16.0 Å². The molecule has 4 heteroatoms. The Morgan fingerprint density at radius 1 is 1.09 bits per heavy atom. The Bertz CT molecular complexity index is 647. The molecule has 0 saturated heterocycles. The van der Waals surface area contributed by atoms with Gasteiger partial charge in [0.2, 0.25) is 0 Å². The summed E-state index contributed by atoms with van der Waals surface area (Å²) in [5.74, 6) is -0.577. The zero-order valence-corrected chi connectivity index (χ0v) is 12.1. The van der Waals surface area contributed by atoms with E-state index in [9.17, 15) is 15.0 Å². The van der Waals surface area contributed by atoms with E-state index in [0.29, 0.717) is 12.2 Å². The van der Waals surface area contributed by atoms with Gasteiger partial charge in [-0.05, 0) is 36.6 Å². The van der Waals surface area contributed by atoms with Crippen molar-refractivity contribution in [2.75, 3.05) is 6.61 Å². The number of hydrogen-bond donors (Lipinski definition) is 2. The van der Waals surface area contributed by atoms with Crippen molar-refractivity contribution in [1.82, 2.24) is 0 Å². The Hall–Kier alpha value is -2.75. The number of phenols is 2. The third-order valence-corrected chi connectivity index (χ3v) is 3.11. The monoisotopic (exact) mass is 298 g/mol. The molecule has 0 aliphatic heterocycles. The lowest BCUT2D eigenvalue weighted by molar-refractivity contribution is -0.137. The molecule has 0 saturated carbocycles. The first-order valence-corrected chi connectivity index (χ1v) is 7.06. The van der Waals surface area contributed by atoms with E-state index in [1.807, 2.05) is 30.3 Å². The molecule has 0 heterocycles. The van der Waals surface area contributed by atoms with E-state index in [4.69, 9.17) is 4.74 Å². The Morgan fingerprint density at radius 2 is 1.86 bits per heavy atom. The van der Waals surface area contributed by atoms with E-state index in [-0.39, 0.29) is 11.5 Å². The molecule has 2 aromatic rings. The Kier molecular flexibility index (Phi) is 5.60. The molecule has 0 aliphatic carbocycles. The van der Waals surface area contributed by atoms with Gasteiger partial charge in [-0.2, -0.15) is 0 Å². The van der Waals surface area contributed by atoms with E-state index in [0.717, 1.165) is 12.8 Å². The van der Waals surface area contributed by atoms with Crippen molar-refractivity contribution >= 4 is 12.0 Å². The predicted molar refractivity (Wildman–Crippen MR) is 84.5 cm³/mol. The third-order valence-electron chi connectivity index (χ3n) is 3.11. The van der Waals surface area contributed by atoms with Gasteiger partial charge in [0.05, 0.1) is 6.61 Å². The Labute approximate surface area is 129 Å². The van der Waals surface area contributed by atoms with Crippen LogP contribution in [0, 0.1) is 0 Å². The molecular weight excluding hydrogens is 280 g/mol. The van der Waals surface area contributed by atoms with E-state index in [1.165, 1.54) is 35.9 Å². The maximum Gasteiger partial charge on any atom is 0.330 e. The Balaban J connectivity index is 1.74. The van der Waals surface area contributed by atoms with Crippen molar-refractivity contribution in [2.45, 2.75) is 12.8 Å². The van der Waals surface area contributed by atoms with Crippen LogP contribution >= 0.6 is 0 Å². The number of aryl methyl sites for hydroxylation is 1. The summed E-state index contributed by atoms with van der Waals surface area (Å²) in [5, 5.41) is 18.8.